The Morgan fingerprint density at radius 1 is 1.33 bits per heavy atom. The van der Waals surface area contributed by atoms with Crippen molar-refractivity contribution in [1.29, 1.82) is 0 Å². The molecule has 2 rings (SSSR count). The molecule has 0 unspecified atom stereocenters. The van der Waals surface area contributed by atoms with Gasteiger partial charge in [-0.1, -0.05) is 20.8 Å². The van der Waals surface area contributed by atoms with Crippen molar-refractivity contribution in [2.24, 2.45) is 5.84 Å². The summed E-state index contributed by atoms with van der Waals surface area (Å²) >= 11 is 0. The summed E-state index contributed by atoms with van der Waals surface area (Å²) in [6, 6.07) is 1.88. The molecule has 1 aliphatic carbocycles. The summed E-state index contributed by atoms with van der Waals surface area (Å²) in [5, 5.41) is 3.56. The number of nitrogens with zero attached hydrogens (tertiary/aromatic N) is 2. The van der Waals surface area contributed by atoms with Crippen LogP contribution in [0.4, 0.5) is 11.6 Å². The van der Waals surface area contributed by atoms with E-state index in [0.29, 0.717) is 5.82 Å². The van der Waals surface area contributed by atoms with Gasteiger partial charge in [-0.25, -0.2) is 15.8 Å². The largest absolute Gasteiger partial charge is 0.364 e. The number of nitrogen functional groups attached to an aromatic ring is 1. The summed E-state index contributed by atoms with van der Waals surface area (Å²) in [4.78, 5) is 8.94. The third-order valence-corrected chi connectivity index (χ3v) is 3.79. The van der Waals surface area contributed by atoms with Crippen LogP contribution >= 0.6 is 0 Å². The van der Waals surface area contributed by atoms with Crippen molar-refractivity contribution in [3.63, 3.8) is 0 Å². The fourth-order valence-corrected chi connectivity index (χ4v) is 2.30. The molecule has 100 valence electrons. The maximum absolute atomic E-state index is 5.46. The standard InChI is InChI=1S/C13H23N5/c1-4-13(6-5-7-13)17-10-8-11(18-14)16-12(15-10)9(2)3/h8-9H,4-7,14H2,1-3H3,(H2,15,16,17,18). The third kappa shape index (κ3) is 2.56. The second-order valence-electron chi connectivity index (χ2n) is 5.41. The van der Waals surface area contributed by atoms with Crippen molar-refractivity contribution >= 4 is 11.6 Å². The molecule has 1 aliphatic rings. The molecule has 1 aromatic heterocycles. The van der Waals surface area contributed by atoms with E-state index in [1.165, 1.54) is 19.3 Å². The van der Waals surface area contributed by atoms with E-state index in [2.05, 4.69) is 41.5 Å². The molecular formula is C13H23N5. The molecule has 0 spiro atoms. The molecule has 18 heavy (non-hydrogen) atoms. The van der Waals surface area contributed by atoms with Crippen molar-refractivity contribution in [3.05, 3.63) is 11.9 Å². The number of anilines is 2. The number of hydrazine groups is 1. The maximum atomic E-state index is 5.46. The Hall–Kier alpha value is -1.36. The van der Waals surface area contributed by atoms with Gasteiger partial charge in [0.05, 0.1) is 0 Å². The second kappa shape index (κ2) is 5.10. The minimum absolute atomic E-state index is 0.231. The van der Waals surface area contributed by atoms with Crippen LogP contribution in [0.1, 0.15) is 58.2 Å². The van der Waals surface area contributed by atoms with E-state index in [1.807, 2.05) is 6.07 Å². The zero-order valence-electron chi connectivity index (χ0n) is 11.5. The molecule has 0 amide bonds. The minimum atomic E-state index is 0.231. The lowest BCUT2D eigenvalue weighted by atomic mass is 9.75. The van der Waals surface area contributed by atoms with Gasteiger partial charge in [-0.3, -0.25) is 0 Å². The van der Waals surface area contributed by atoms with Gasteiger partial charge in [-0.15, -0.1) is 0 Å². The van der Waals surface area contributed by atoms with E-state index in [1.54, 1.807) is 0 Å². The lowest BCUT2D eigenvalue weighted by Gasteiger charge is -2.42. The summed E-state index contributed by atoms with van der Waals surface area (Å²) in [6.45, 7) is 6.38. The highest BCUT2D eigenvalue weighted by molar-refractivity contribution is 5.49. The van der Waals surface area contributed by atoms with Crippen molar-refractivity contribution in [1.82, 2.24) is 9.97 Å². The normalized spacial score (nSPS) is 17.4. The number of nitrogens with two attached hydrogens (primary N) is 1. The van der Waals surface area contributed by atoms with Crippen LogP contribution in [0.2, 0.25) is 0 Å². The van der Waals surface area contributed by atoms with E-state index in [9.17, 15) is 0 Å². The van der Waals surface area contributed by atoms with Crippen LogP contribution in [0.5, 0.6) is 0 Å². The molecule has 0 saturated heterocycles. The Morgan fingerprint density at radius 3 is 2.44 bits per heavy atom. The van der Waals surface area contributed by atoms with Crippen LogP contribution in [0, 0.1) is 0 Å². The lowest BCUT2D eigenvalue weighted by Crippen LogP contribution is -2.44. The Balaban J connectivity index is 2.23. The first-order chi connectivity index (χ1) is 8.58. The molecule has 1 heterocycles. The molecule has 0 bridgehead atoms. The van der Waals surface area contributed by atoms with E-state index >= 15 is 0 Å². The fraction of sp³-hybridized carbons (Fsp3) is 0.692. The Bertz CT molecular complexity index is 406. The topological polar surface area (TPSA) is 75.9 Å². The van der Waals surface area contributed by atoms with Gasteiger partial charge in [0, 0.05) is 17.5 Å². The zero-order chi connectivity index (χ0) is 13.2. The Kier molecular flexibility index (Phi) is 3.71. The van der Waals surface area contributed by atoms with Crippen molar-refractivity contribution < 1.29 is 0 Å². The van der Waals surface area contributed by atoms with Crippen molar-refractivity contribution in [3.8, 4) is 0 Å². The van der Waals surface area contributed by atoms with Crippen molar-refractivity contribution in [2.45, 2.75) is 57.9 Å². The van der Waals surface area contributed by atoms with E-state index in [4.69, 9.17) is 5.84 Å². The first-order valence-corrected chi connectivity index (χ1v) is 6.72. The van der Waals surface area contributed by atoms with E-state index < -0.39 is 0 Å². The molecule has 1 fully saturated rings. The maximum Gasteiger partial charge on any atom is 0.145 e. The average molecular weight is 249 g/mol. The van der Waals surface area contributed by atoms with Gasteiger partial charge in [-0.05, 0) is 25.7 Å². The first-order valence-electron chi connectivity index (χ1n) is 6.72. The molecule has 0 atom stereocenters. The van der Waals surface area contributed by atoms with Crippen LogP contribution in [-0.2, 0) is 0 Å². The van der Waals surface area contributed by atoms with Crippen LogP contribution in [0.3, 0.4) is 0 Å². The summed E-state index contributed by atoms with van der Waals surface area (Å²) in [7, 11) is 0. The summed E-state index contributed by atoms with van der Waals surface area (Å²) < 4.78 is 0. The Morgan fingerprint density at radius 2 is 2.00 bits per heavy atom. The molecular weight excluding hydrogens is 226 g/mol. The lowest BCUT2D eigenvalue weighted by molar-refractivity contribution is 0.268. The van der Waals surface area contributed by atoms with Gasteiger partial charge in [0.1, 0.15) is 17.5 Å². The molecule has 1 aromatic rings. The zero-order valence-corrected chi connectivity index (χ0v) is 11.5. The number of nitrogens with one attached hydrogen (secondary N) is 2. The smallest absolute Gasteiger partial charge is 0.145 e. The third-order valence-electron chi connectivity index (χ3n) is 3.79. The van der Waals surface area contributed by atoms with Gasteiger partial charge < -0.3 is 10.7 Å². The summed E-state index contributed by atoms with van der Waals surface area (Å²) in [6.07, 6.45) is 4.86. The number of rotatable bonds is 5. The molecule has 1 saturated carbocycles. The molecule has 0 radical (unpaired) electrons. The van der Waals surface area contributed by atoms with Gasteiger partial charge in [0.2, 0.25) is 0 Å². The minimum Gasteiger partial charge on any atom is -0.364 e. The van der Waals surface area contributed by atoms with E-state index in [-0.39, 0.29) is 11.5 Å². The van der Waals surface area contributed by atoms with Crippen molar-refractivity contribution in [2.75, 3.05) is 10.7 Å². The predicted molar refractivity (Wildman–Crippen MR) is 74.4 cm³/mol. The molecule has 0 aromatic carbocycles. The van der Waals surface area contributed by atoms with Gasteiger partial charge >= 0.3 is 0 Å². The Labute approximate surface area is 109 Å². The quantitative estimate of drug-likeness (QED) is 0.552. The van der Waals surface area contributed by atoms with Gasteiger partial charge in [-0.2, -0.15) is 0 Å². The highest BCUT2D eigenvalue weighted by Gasteiger charge is 2.35. The molecule has 5 nitrogen and oxygen atoms in total. The van der Waals surface area contributed by atoms with Crippen LogP contribution in [0.15, 0.2) is 6.07 Å². The molecule has 5 heteroatoms. The van der Waals surface area contributed by atoms with Crippen LogP contribution in [-0.4, -0.2) is 15.5 Å². The van der Waals surface area contributed by atoms with E-state index in [0.717, 1.165) is 18.1 Å². The average Bonchev–Trinajstić information content (AvgIpc) is 2.33. The first kappa shape index (κ1) is 13.1. The summed E-state index contributed by atoms with van der Waals surface area (Å²) in [5.74, 6) is 8.12. The van der Waals surface area contributed by atoms with Gasteiger partial charge in [0.25, 0.3) is 0 Å². The molecule has 0 aliphatic heterocycles. The highest BCUT2D eigenvalue weighted by atomic mass is 15.3. The summed E-state index contributed by atoms with van der Waals surface area (Å²) in [5.41, 5.74) is 2.84. The molecule has 4 N–H and O–H groups in total. The number of hydrogen-bond acceptors (Lipinski definition) is 5. The highest BCUT2D eigenvalue weighted by Crippen LogP contribution is 2.37. The van der Waals surface area contributed by atoms with Gasteiger partial charge in [0.15, 0.2) is 0 Å². The van der Waals surface area contributed by atoms with Crippen LogP contribution < -0.4 is 16.6 Å². The number of hydrogen-bond donors (Lipinski definition) is 3. The van der Waals surface area contributed by atoms with Crippen LogP contribution in [0.25, 0.3) is 0 Å². The SMILES string of the molecule is CCC1(Nc2cc(NN)nc(C(C)C)n2)CCC1. The predicted octanol–water partition coefficient (Wildman–Crippen LogP) is 2.63. The fourth-order valence-electron chi connectivity index (χ4n) is 2.30. The number of aromatic nitrogens is 2. The monoisotopic (exact) mass is 249 g/mol. The second-order valence-corrected chi connectivity index (χ2v) is 5.41.